The highest BCUT2D eigenvalue weighted by molar-refractivity contribution is 7.12. The Hall–Kier alpha value is -1.76. The van der Waals surface area contributed by atoms with Crippen LogP contribution in [0.5, 0.6) is 5.75 Å². The summed E-state index contributed by atoms with van der Waals surface area (Å²) in [5, 5.41) is 2.70. The van der Waals surface area contributed by atoms with Crippen molar-refractivity contribution in [1.82, 2.24) is 9.80 Å². The molecular weight excluding hydrogens is 383 g/mol. The molecule has 1 aliphatic rings. The summed E-state index contributed by atoms with van der Waals surface area (Å²) >= 11 is 13.2. The van der Waals surface area contributed by atoms with Gasteiger partial charge in [-0.1, -0.05) is 29.3 Å². The van der Waals surface area contributed by atoms with E-state index in [2.05, 4.69) is 0 Å². The van der Waals surface area contributed by atoms with E-state index in [0.29, 0.717) is 42.0 Å². The minimum atomic E-state index is -0.116. The molecule has 1 aliphatic heterocycles. The van der Waals surface area contributed by atoms with Gasteiger partial charge >= 0.3 is 0 Å². The summed E-state index contributed by atoms with van der Waals surface area (Å²) in [4.78, 5) is 28.8. The second kappa shape index (κ2) is 8.08. The molecule has 0 saturated carbocycles. The van der Waals surface area contributed by atoms with Crippen LogP contribution in [0, 0.1) is 0 Å². The molecule has 3 rings (SSSR count). The van der Waals surface area contributed by atoms with Crippen molar-refractivity contribution in [1.29, 1.82) is 0 Å². The van der Waals surface area contributed by atoms with Crippen LogP contribution >= 0.6 is 34.5 Å². The molecule has 0 bridgehead atoms. The molecule has 25 heavy (non-hydrogen) atoms. The van der Waals surface area contributed by atoms with Crippen LogP contribution in [0.2, 0.25) is 10.0 Å². The molecule has 1 fully saturated rings. The smallest absolute Gasteiger partial charge is 0.264 e. The largest absolute Gasteiger partial charge is 0.484 e. The van der Waals surface area contributed by atoms with E-state index in [1.54, 1.807) is 28.0 Å². The Balaban J connectivity index is 1.48. The highest BCUT2D eigenvalue weighted by atomic mass is 35.5. The number of rotatable bonds is 4. The summed E-state index contributed by atoms with van der Waals surface area (Å²) < 4.78 is 5.48. The first-order valence-corrected chi connectivity index (χ1v) is 9.36. The number of nitrogens with zero attached hydrogens (tertiary/aromatic N) is 2. The Labute approximate surface area is 159 Å². The number of hydrogen-bond donors (Lipinski definition) is 0. The predicted octanol–water partition coefficient (Wildman–Crippen LogP) is 3.42. The molecule has 0 aliphatic carbocycles. The average Bonchev–Trinajstić information content (AvgIpc) is 3.16. The van der Waals surface area contributed by atoms with Crippen LogP contribution in [-0.2, 0) is 4.79 Å². The minimum absolute atomic E-state index is 0.0224. The number of carbonyl (C=O) groups is 2. The van der Waals surface area contributed by atoms with Crippen molar-refractivity contribution in [3.8, 4) is 5.75 Å². The van der Waals surface area contributed by atoms with E-state index >= 15 is 0 Å². The Bertz CT molecular complexity index is 759. The SMILES string of the molecule is O=C(COc1ccc(Cl)c(Cl)c1)N1CCN(C(=O)c2cccs2)CC1. The van der Waals surface area contributed by atoms with Gasteiger partial charge in [-0.25, -0.2) is 0 Å². The van der Waals surface area contributed by atoms with Gasteiger partial charge in [-0.15, -0.1) is 11.3 Å². The van der Waals surface area contributed by atoms with Crippen molar-refractivity contribution < 1.29 is 14.3 Å². The van der Waals surface area contributed by atoms with Gasteiger partial charge in [0.15, 0.2) is 6.61 Å². The number of piperazine rings is 1. The average molecular weight is 399 g/mol. The lowest BCUT2D eigenvalue weighted by Gasteiger charge is -2.34. The Morgan fingerprint density at radius 3 is 2.40 bits per heavy atom. The lowest BCUT2D eigenvalue weighted by molar-refractivity contribution is -0.134. The third-order valence-corrected chi connectivity index (χ3v) is 5.50. The minimum Gasteiger partial charge on any atom is -0.484 e. The Morgan fingerprint density at radius 2 is 1.76 bits per heavy atom. The topological polar surface area (TPSA) is 49.9 Å². The zero-order chi connectivity index (χ0) is 17.8. The van der Waals surface area contributed by atoms with Crippen molar-refractivity contribution in [3.63, 3.8) is 0 Å². The molecule has 132 valence electrons. The maximum absolute atomic E-state index is 12.3. The molecule has 0 atom stereocenters. The van der Waals surface area contributed by atoms with Gasteiger partial charge in [-0.2, -0.15) is 0 Å². The predicted molar refractivity (Wildman–Crippen MR) is 98.8 cm³/mol. The van der Waals surface area contributed by atoms with E-state index < -0.39 is 0 Å². The number of halogens is 2. The summed E-state index contributed by atoms with van der Waals surface area (Å²) in [6, 6.07) is 8.54. The molecule has 0 spiro atoms. The van der Waals surface area contributed by atoms with E-state index in [0.717, 1.165) is 4.88 Å². The van der Waals surface area contributed by atoms with Crippen LogP contribution in [0.15, 0.2) is 35.7 Å². The lowest BCUT2D eigenvalue weighted by atomic mass is 10.3. The van der Waals surface area contributed by atoms with Gasteiger partial charge in [0.05, 0.1) is 14.9 Å². The third kappa shape index (κ3) is 4.45. The summed E-state index contributed by atoms with van der Waals surface area (Å²) in [5.74, 6) is 0.401. The highest BCUT2D eigenvalue weighted by Gasteiger charge is 2.25. The molecular formula is C17H16Cl2N2O3S. The van der Waals surface area contributed by atoms with Crippen LogP contribution in [-0.4, -0.2) is 54.4 Å². The van der Waals surface area contributed by atoms with Crippen LogP contribution in [0.25, 0.3) is 0 Å². The quantitative estimate of drug-likeness (QED) is 0.792. The van der Waals surface area contributed by atoms with Gasteiger partial charge in [0.25, 0.3) is 11.8 Å². The van der Waals surface area contributed by atoms with Crippen molar-refractivity contribution in [2.24, 2.45) is 0 Å². The zero-order valence-electron chi connectivity index (χ0n) is 13.3. The van der Waals surface area contributed by atoms with Gasteiger partial charge in [-0.3, -0.25) is 9.59 Å². The van der Waals surface area contributed by atoms with Crippen LogP contribution < -0.4 is 4.74 Å². The molecule has 1 aromatic heterocycles. The molecule has 8 heteroatoms. The highest BCUT2D eigenvalue weighted by Crippen LogP contribution is 2.26. The summed E-state index contributed by atoms with van der Waals surface area (Å²) in [7, 11) is 0. The van der Waals surface area contributed by atoms with Gasteiger partial charge in [0, 0.05) is 32.2 Å². The van der Waals surface area contributed by atoms with E-state index in [9.17, 15) is 9.59 Å². The second-order valence-electron chi connectivity index (χ2n) is 5.51. The molecule has 0 N–H and O–H groups in total. The van der Waals surface area contributed by atoms with E-state index in [1.807, 2.05) is 17.5 Å². The molecule has 1 aromatic carbocycles. The first-order valence-electron chi connectivity index (χ1n) is 7.73. The molecule has 2 heterocycles. The van der Waals surface area contributed by atoms with Gasteiger partial charge < -0.3 is 14.5 Å². The molecule has 0 unspecified atom stereocenters. The van der Waals surface area contributed by atoms with Crippen LogP contribution in [0.3, 0.4) is 0 Å². The molecule has 1 saturated heterocycles. The van der Waals surface area contributed by atoms with Crippen molar-refractivity contribution in [3.05, 3.63) is 50.6 Å². The number of amides is 2. The molecule has 5 nitrogen and oxygen atoms in total. The second-order valence-corrected chi connectivity index (χ2v) is 7.28. The van der Waals surface area contributed by atoms with Crippen LogP contribution in [0.4, 0.5) is 0 Å². The number of benzene rings is 1. The van der Waals surface area contributed by atoms with Crippen molar-refractivity contribution >= 4 is 46.4 Å². The lowest BCUT2D eigenvalue weighted by Crippen LogP contribution is -2.51. The fourth-order valence-electron chi connectivity index (χ4n) is 2.52. The first kappa shape index (κ1) is 18.0. The maximum Gasteiger partial charge on any atom is 0.264 e. The Kier molecular flexibility index (Phi) is 5.83. The van der Waals surface area contributed by atoms with Crippen molar-refractivity contribution in [2.75, 3.05) is 32.8 Å². The van der Waals surface area contributed by atoms with Gasteiger partial charge in [-0.05, 0) is 23.6 Å². The number of ether oxygens (including phenoxy) is 1. The fourth-order valence-corrected chi connectivity index (χ4v) is 3.50. The monoisotopic (exact) mass is 398 g/mol. The number of hydrogen-bond acceptors (Lipinski definition) is 4. The third-order valence-electron chi connectivity index (χ3n) is 3.90. The molecule has 2 aromatic rings. The van der Waals surface area contributed by atoms with Gasteiger partial charge in [0.1, 0.15) is 5.75 Å². The molecule has 0 radical (unpaired) electrons. The summed E-state index contributed by atoms with van der Waals surface area (Å²) in [6.45, 7) is 1.97. The van der Waals surface area contributed by atoms with Crippen LogP contribution in [0.1, 0.15) is 9.67 Å². The summed E-state index contributed by atoms with van der Waals surface area (Å²) in [6.07, 6.45) is 0. The van der Waals surface area contributed by atoms with Crippen molar-refractivity contribution in [2.45, 2.75) is 0 Å². The summed E-state index contributed by atoms with van der Waals surface area (Å²) in [5.41, 5.74) is 0. The molecule has 2 amide bonds. The number of thiophene rings is 1. The van der Waals surface area contributed by atoms with Gasteiger partial charge in [0.2, 0.25) is 0 Å². The normalized spacial score (nSPS) is 14.5. The van der Waals surface area contributed by atoms with E-state index in [-0.39, 0.29) is 18.4 Å². The van der Waals surface area contributed by atoms with E-state index in [1.165, 1.54) is 11.3 Å². The number of carbonyl (C=O) groups excluding carboxylic acids is 2. The standard InChI is InChI=1S/C17H16Cl2N2O3S/c18-13-4-3-12(10-14(13)19)24-11-16(22)20-5-7-21(8-6-20)17(23)15-2-1-9-25-15/h1-4,9-10H,5-8,11H2. The zero-order valence-corrected chi connectivity index (χ0v) is 15.6. The first-order chi connectivity index (χ1) is 12.0. The Morgan fingerprint density at radius 1 is 1.04 bits per heavy atom. The maximum atomic E-state index is 12.3. The fraction of sp³-hybridized carbons (Fsp3) is 0.294. The van der Waals surface area contributed by atoms with E-state index in [4.69, 9.17) is 27.9 Å².